The van der Waals surface area contributed by atoms with Gasteiger partial charge in [-0.05, 0) is 6.42 Å². The fourth-order valence-corrected chi connectivity index (χ4v) is 1.30. The number of carbonyl (C=O) groups is 1. The molecule has 1 aliphatic heterocycles. The van der Waals surface area contributed by atoms with Gasteiger partial charge >= 0.3 is 5.97 Å². The summed E-state index contributed by atoms with van der Waals surface area (Å²) in [6.07, 6.45) is -0.00104. The van der Waals surface area contributed by atoms with Crippen molar-refractivity contribution < 1.29 is 18.7 Å². The fourth-order valence-electron chi connectivity index (χ4n) is 1.30. The number of halogens is 2. The van der Waals surface area contributed by atoms with Crippen molar-refractivity contribution in [3.8, 4) is 0 Å². The third kappa shape index (κ3) is 2.73. The van der Waals surface area contributed by atoms with Crippen LogP contribution in [0.25, 0.3) is 0 Å². The Morgan fingerprint density at radius 1 is 1.67 bits per heavy atom. The summed E-state index contributed by atoms with van der Waals surface area (Å²) in [7, 11) is 0. The van der Waals surface area contributed by atoms with Crippen LogP contribution in [0.4, 0.5) is 8.78 Å². The van der Waals surface area contributed by atoms with Crippen LogP contribution in [0.1, 0.15) is 19.3 Å². The van der Waals surface area contributed by atoms with Gasteiger partial charge in [0.15, 0.2) is 0 Å². The molecule has 1 saturated heterocycles. The van der Waals surface area contributed by atoms with E-state index in [1.807, 2.05) is 0 Å². The number of rotatable bonds is 3. The molecule has 0 spiro atoms. The third-order valence-corrected chi connectivity index (χ3v) is 1.90. The average Bonchev–Trinajstić information content (AvgIpc) is 2.26. The maximum absolute atomic E-state index is 12.5. The smallest absolute Gasteiger partial charge is 0.303 e. The van der Waals surface area contributed by atoms with Crippen molar-refractivity contribution >= 4 is 5.97 Å². The zero-order valence-electron chi connectivity index (χ0n) is 6.52. The van der Waals surface area contributed by atoms with Gasteiger partial charge in [-0.25, -0.2) is 8.78 Å². The molecule has 0 unspecified atom stereocenters. The molecular formula is C7H11F2NO2. The first kappa shape index (κ1) is 9.38. The number of aliphatic carboxylic acids is 1. The lowest BCUT2D eigenvalue weighted by Crippen LogP contribution is -2.22. The van der Waals surface area contributed by atoms with E-state index in [2.05, 4.69) is 5.32 Å². The summed E-state index contributed by atoms with van der Waals surface area (Å²) < 4.78 is 25.0. The molecule has 0 saturated carbocycles. The standard InChI is InChI=1S/C7H11F2NO2/c8-7(9)3-5(10-4-7)1-2-6(11)12/h5,10H,1-4H2,(H,11,12)/t5-/m0/s1. The van der Waals surface area contributed by atoms with E-state index >= 15 is 0 Å². The molecule has 0 aromatic heterocycles. The second kappa shape index (κ2) is 3.35. The van der Waals surface area contributed by atoms with Gasteiger partial charge in [-0.1, -0.05) is 0 Å². The van der Waals surface area contributed by atoms with E-state index in [1.165, 1.54) is 0 Å². The number of nitrogens with one attached hydrogen (secondary N) is 1. The number of alkyl halides is 2. The Morgan fingerprint density at radius 3 is 2.75 bits per heavy atom. The molecule has 0 aromatic rings. The Hall–Kier alpha value is -0.710. The summed E-state index contributed by atoms with van der Waals surface area (Å²) in [5.74, 6) is -3.59. The highest BCUT2D eigenvalue weighted by atomic mass is 19.3. The lowest BCUT2D eigenvalue weighted by Gasteiger charge is -2.07. The van der Waals surface area contributed by atoms with Crippen molar-refractivity contribution in [1.82, 2.24) is 5.32 Å². The van der Waals surface area contributed by atoms with Crippen LogP contribution >= 0.6 is 0 Å². The molecule has 1 atom stereocenters. The van der Waals surface area contributed by atoms with Crippen LogP contribution in [-0.4, -0.2) is 29.6 Å². The van der Waals surface area contributed by atoms with E-state index in [4.69, 9.17) is 5.11 Å². The molecule has 0 bridgehead atoms. The molecule has 5 heteroatoms. The quantitative estimate of drug-likeness (QED) is 0.675. The Morgan fingerprint density at radius 2 is 2.33 bits per heavy atom. The van der Waals surface area contributed by atoms with Crippen LogP contribution in [0.5, 0.6) is 0 Å². The second-order valence-corrected chi connectivity index (χ2v) is 3.07. The lowest BCUT2D eigenvalue weighted by atomic mass is 10.1. The van der Waals surface area contributed by atoms with Gasteiger partial charge in [0.2, 0.25) is 0 Å². The van der Waals surface area contributed by atoms with Crippen molar-refractivity contribution in [1.29, 1.82) is 0 Å². The van der Waals surface area contributed by atoms with E-state index in [-0.39, 0.29) is 31.8 Å². The SMILES string of the molecule is O=C(O)CC[C@H]1CC(F)(F)CN1. The van der Waals surface area contributed by atoms with Gasteiger partial charge in [0.1, 0.15) is 0 Å². The first-order valence-electron chi connectivity index (χ1n) is 3.83. The van der Waals surface area contributed by atoms with Crippen LogP contribution in [0.3, 0.4) is 0 Å². The zero-order chi connectivity index (χ0) is 9.19. The highest BCUT2D eigenvalue weighted by molar-refractivity contribution is 5.66. The Balaban J connectivity index is 2.24. The van der Waals surface area contributed by atoms with E-state index in [0.717, 1.165) is 0 Å². The topological polar surface area (TPSA) is 49.3 Å². The van der Waals surface area contributed by atoms with Gasteiger partial charge in [0.05, 0.1) is 6.54 Å². The predicted molar refractivity (Wildman–Crippen MR) is 38.2 cm³/mol. The van der Waals surface area contributed by atoms with E-state index < -0.39 is 11.9 Å². The maximum atomic E-state index is 12.5. The Kier molecular flexibility index (Phi) is 2.62. The molecule has 0 amide bonds. The molecule has 1 fully saturated rings. The largest absolute Gasteiger partial charge is 0.481 e. The number of carboxylic acid groups (broad SMARTS) is 1. The maximum Gasteiger partial charge on any atom is 0.303 e. The predicted octanol–water partition coefficient (Wildman–Crippen LogP) is 0.848. The summed E-state index contributed by atoms with van der Waals surface area (Å²) >= 11 is 0. The Bertz CT molecular complexity index is 184. The monoisotopic (exact) mass is 179 g/mol. The molecule has 0 radical (unpaired) electrons. The molecule has 1 rings (SSSR count). The molecule has 70 valence electrons. The van der Waals surface area contributed by atoms with E-state index in [9.17, 15) is 13.6 Å². The number of carboxylic acids is 1. The highest BCUT2D eigenvalue weighted by Crippen LogP contribution is 2.26. The molecule has 12 heavy (non-hydrogen) atoms. The van der Waals surface area contributed by atoms with Crippen LogP contribution < -0.4 is 5.32 Å². The van der Waals surface area contributed by atoms with Crippen LogP contribution in [-0.2, 0) is 4.79 Å². The molecule has 0 aliphatic carbocycles. The minimum absolute atomic E-state index is 0.0479. The molecule has 2 N–H and O–H groups in total. The number of hydrogen-bond donors (Lipinski definition) is 2. The van der Waals surface area contributed by atoms with E-state index in [0.29, 0.717) is 0 Å². The van der Waals surface area contributed by atoms with Crippen molar-refractivity contribution in [3.63, 3.8) is 0 Å². The highest BCUT2D eigenvalue weighted by Gasteiger charge is 2.38. The van der Waals surface area contributed by atoms with Crippen molar-refractivity contribution in [2.45, 2.75) is 31.2 Å². The van der Waals surface area contributed by atoms with E-state index in [1.54, 1.807) is 0 Å². The van der Waals surface area contributed by atoms with Crippen molar-refractivity contribution in [2.75, 3.05) is 6.54 Å². The summed E-state index contributed by atoms with van der Waals surface area (Å²) in [6.45, 7) is -0.322. The third-order valence-electron chi connectivity index (χ3n) is 1.90. The lowest BCUT2D eigenvalue weighted by molar-refractivity contribution is -0.137. The zero-order valence-corrected chi connectivity index (χ0v) is 6.52. The average molecular weight is 179 g/mol. The summed E-state index contributed by atoms with van der Waals surface area (Å²) in [6, 6.07) is -0.337. The summed E-state index contributed by atoms with van der Waals surface area (Å²) in [4.78, 5) is 10.1. The Labute approximate surface area is 68.8 Å². The van der Waals surface area contributed by atoms with Crippen LogP contribution in [0.15, 0.2) is 0 Å². The molecule has 3 nitrogen and oxygen atoms in total. The van der Waals surface area contributed by atoms with Crippen LogP contribution in [0, 0.1) is 0 Å². The second-order valence-electron chi connectivity index (χ2n) is 3.07. The van der Waals surface area contributed by atoms with Crippen LogP contribution in [0.2, 0.25) is 0 Å². The minimum atomic E-state index is -2.65. The molecule has 1 aliphatic rings. The molecule has 0 aromatic carbocycles. The minimum Gasteiger partial charge on any atom is -0.481 e. The summed E-state index contributed by atoms with van der Waals surface area (Å²) in [5.41, 5.74) is 0. The van der Waals surface area contributed by atoms with Gasteiger partial charge in [0, 0.05) is 18.9 Å². The molecular weight excluding hydrogens is 168 g/mol. The normalized spacial score (nSPS) is 27.3. The summed E-state index contributed by atoms with van der Waals surface area (Å²) in [5, 5.41) is 10.9. The first-order valence-corrected chi connectivity index (χ1v) is 3.83. The van der Waals surface area contributed by atoms with Gasteiger partial charge in [-0.15, -0.1) is 0 Å². The molecule has 1 heterocycles. The van der Waals surface area contributed by atoms with Crippen molar-refractivity contribution in [2.24, 2.45) is 0 Å². The van der Waals surface area contributed by atoms with Gasteiger partial charge in [-0.3, -0.25) is 4.79 Å². The van der Waals surface area contributed by atoms with Crippen molar-refractivity contribution in [3.05, 3.63) is 0 Å². The first-order chi connectivity index (χ1) is 5.49. The van der Waals surface area contributed by atoms with Gasteiger partial charge in [-0.2, -0.15) is 0 Å². The van der Waals surface area contributed by atoms with Gasteiger partial charge < -0.3 is 10.4 Å². The van der Waals surface area contributed by atoms with Gasteiger partial charge in [0.25, 0.3) is 5.92 Å². The number of hydrogen-bond acceptors (Lipinski definition) is 2. The fraction of sp³-hybridized carbons (Fsp3) is 0.857.